The molecule has 110 valence electrons. The Kier molecular flexibility index (Phi) is 3.09. The Morgan fingerprint density at radius 3 is 2.76 bits per heavy atom. The molecule has 3 aliphatic rings. The van der Waals surface area contributed by atoms with Crippen LogP contribution in [0, 0.1) is 17.8 Å². The van der Waals surface area contributed by atoms with Crippen LogP contribution in [0.2, 0.25) is 0 Å². The van der Waals surface area contributed by atoms with E-state index in [1.807, 2.05) is 0 Å². The first-order valence-corrected chi connectivity index (χ1v) is 8.24. The second-order valence-electron chi connectivity index (χ2n) is 6.80. The fourth-order valence-electron chi connectivity index (χ4n) is 4.78. The highest BCUT2D eigenvalue weighted by Gasteiger charge is 2.39. The zero-order valence-electron chi connectivity index (χ0n) is 12.3. The van der Waals surface area contributed by atoms with Gasteiger partial charge in [-0.3, -0.25) is 4.79 Å². The minimum atomic E-state index is -0.427. The molecular formula is C18H22N2O. The van der Waals surface area contributed by atoms with Crippen LogP contribution in [-0.4, -0.2) is 10.9 Å². The number of primary amides is 1. The van der Waals surface area contributed by atoms with Gasteiger partial charge in [0.05, 0.1) is 0 Å². The van der Waals surface area contributed by atoms with Crippen molar-refractivity contribution in [2.45, 2.75) is 44.9 Å². The van der Waals surface area contributed by atoms with Gasteiger partial charge in [0.15, 0.2) is 0 Å². The predicted octanol–water partition coefficient (Wildman–Crippen LogP) is 3.34. The average Bonchev–Trinajstić information content (AvgIpc) is 3.15. The summed E-state index contributed by atoms with van der Waals surface area (Å²) in [6, 6.07) is 3.85. The number of aryl methyl sites for hydroxylation is 1. The van der Waals surface area contributed by atoms with E-state index in [0.29, 0.717) is 5.69 Å². The fourth-order valence-corrected chi connectivity index (χ4v) is 4.78. The van der Waals surface area contributed by atoms with Gasteiger partial charge in [-0.15, -0.1) is 0 Å². The van der Waals surface area contributed by atoms with Crippen molar-refractivity contribution in [2.75, 3.05) is 0 Å². The summed E-state index contributed by atoms with van der Waals surface area (Å²) in [4.78, 5) is 15.8. The van der Waals surface area contributed by atoms with Gasteiger partial charge in [0, 0.05) is 5.69 Å². The van der Waals surface area contributed by atoms with E-state index < -0.39 is 5.91 Å². The molecule has 1 fully saturated rings. The number of aromatic nitrogens is 1. The van der Waals surface area contributed by atoms with Gasteiger partial charge in [0.2, 0.25) is 0 Å². The minimum absolute atomic E-state index is 0.401. The van der Waals surface area contributed by atoms with E-state index in [1.54, 1.807) is 6.07 Å². The molecule has 21 heavy (non-hydrogen) atoms. The quantitative estimate of drug-likeness (QED) is 0.904. The zero-order valence-corrected chi connectivity index (χ0v) is 12.3. The summed E-state index contributed by atoms with van der Waals surface area (Å²) in [6.45, 7) is 0. The van der Waals surface area contributed by atoms with E-state index in [1.165, 1.54) is 49.7 Å². The lowest BCUT2D eigenvalue weighted by atomic mass is 9.73. The number of hydrogen-bond donors (Lipinski definition) is 1. The van der Waals surface area contributed by atoms with Gasteiger partial charge in [-0.05, 0) is 54.2 Å². The molecule has 0 spiro atoms. The van der Waals surface area contributed by atoms with Crippen LogP contribution in [0.3, 0.4) is 0 Å². The molecular weight excluding hydrogens is 260 g/mol. The molecule has 1 aromatic rings. The number of carbonyl (C=O) groups excluding carboxylic acids is 1. The van der Waals surface area contributed by atoms with Crippen LogP contribution in [0.1, 0.15) is 60.3 Å². The van der Waals surface area contributed by atoms with Crippen molar-refractivity contribution in [3.8, 4) is 0 Å². The Balaban J connectivity index is 1.64. The molecule has 2 unspecified atom stereocenters. The van der Waals surface area contributed by atoms with Crippen LogP contribution in [0.25, 0.3) is 5.57 Å². The van der Waals surface area contributed by atoms with Gasteiger partial charge >= 0.3 is 0 Å². The van der Waals surface area contributed by atoms with Crippen molar-refractivity contribution in [3.63, 3.8) is 0 Å². The SMILES string of the molecule is NC(=O)c1ccc2c(n1)CCC1C2=CCC1C1CCCC1. The lowest BCUT2D eigenvalue weighted by Crippen LogP contribution is -2.24. The number of amides is 1. The van der Waals surface area contributed by atoms with Gasteiger partial charge in [-0.2, -0.15) is 0 Å². The highest BCUT2D eigenvalue weighted by molar-refractivity contribution is 5.91. The van der Waals surface area contributed by atoms with E-state index in [9.17, 15) is 4.79 Å². The van der Waals surface area contributed by atoms with Gasteiger partial charge < -0.3 is 5.73 Å². The second kappa shape index (κ2) is 4.97. The molecule has 1 heterocycles. The third-order valence-corrected chi connectivity index (χ3v) is 5.76. The van der Waals surface area contributed by atoms with Crippen LogP contribution in [0.5, 0.6) is 0 Å². The molecule has 0 radical (unpaired) electrons. The van der Waals surface area contributed by atoms with Crippen molar-refractivity contribution < 1.29 is 4.79 Å². The molecule has 3 aliphatic carbocycles. The molecule has 1 aromatic heterocycles. The van der Waals surface area contributed by atoms with Gasteiger partial charge in [-0.1, -0.05) is 37.8 Å². The summed E-state index contributed by atoms with van der Waals surface area (Å²) in [5, 5.41) is 0. The number of carbonyl (C=O) groups is 1. The number of rotatable bonds is 2. The smallest absolute Gasteiger partial charge is 0.267 e. The molecule has 3 heteroatoms. The molecule has 1 amide bonds. The molecule has 0 aromatic carbocycles. The van der Waals surface area contributed by atoms with E-state index in [4.69, 9.17) is 5.73 Å². The first kappa shape index (κ1) is 13.1. The Bertz CT molecular complexity index is 614. The maximum absolute atomic E-state index is 11.3. The van der Waals surface area contributed by atoms with Gasteiger partial charge in [-0.25, -0.2) is 4.98 Å². The van der Waals surface area contributed by atoms with Gasteiger partial charge in [0.25, 0.3) is 5.91 Å². The minimum Gasteiger partial charge on any atom is -0.364 e. The van der Waals surface area contributed by atoms with Crippen LogP contribution in [0.4, 0.5) is 0 Å². The lowest BCUT2D eigenvalue weighted by molar-refractivity contribution is 0.0995. The maximum Gasteiger partial charge on any atom is 0.267 e. The normalized spacial score (nSPS) is 28.1. The number of allylic oxidation sites excluding steroid dienone is 2. The Hall–Kier alpha value is -1.64. The third kappa shape index (κ3) is 2.10. The molecule has 2 atom stereocenters. The number of pyridine rings is 1. The maximum atomic E-state index is 11.3. The predicted molar refractivity (Wildman–Crippen MR) is 82.6 cm³/mol. The molecule has 0 aliphatic heterocycles. The van der Waals surface area contributed by atoms with Crippen LogP contribution in [0.15, 0.2) is 18.2 Å². The number of nitrogens with two attached hydrogens (primary N) is 1. The molecule has 4 rings (SSSR count). The fraction of sp³-hybridized carbons (Fsp3) is 0.556. The molecule has 1 saturated carbocycles. The van der Waals surface area contributed by atoms with Crippen LogP contribution < -0.4 is 5.73 Å². The van der Waals surface area contributed by atoms with E-state index in [-0.39, 0.29) is 0 Å². The van der Waals surface area contributed by atoms with Crippen molar-refractivity contribution in [2.24, 2.45) is 23.5 Å². The highest BCUT2D eigenvalue weighted by atomic mass is 16.1. The van der Waals surface area contributed by atoms with Crippen molar-refractivity contribution in [1.29, 1.82) is 0 Å². The number of nitrogens with zero attached hydrogens (tertiary/aromatic N) is 1. The van der Waals surface area contributed by atoms with E-state index in [2.05, 4.69) is 17.1 Å². The third-order valence-electron chi connectivity index (χ3n) is 5.76. The molecule has 3 nitrogen and oxygen atoms in total. The Morgan fingerprint density at radius 2 is 2.00 bits per heavy atom. The largest absolute Gasteiger partial charge is 0.364 e. The van der Waals surface area contributed by atoms with E-state index in [0.717, 1.165) is 29.9 Å². The Labute approximate surface area is 125 Å². The summed E-state index contributed by atoms with van der Waals surface area (Å²) < 4.78 is 0. The highest BCUT2D eigenvalue weighted by Crippen LogP contribution is 2.50. The number of fused-ring (bicyclic) bond motifs is 3. The van der Waals surface area contributed by atoms with Crippen molar-refractivity contribution in [1.82, 2.24) is 4.98 Å². The van der Waals surface area contributed by atoms with Crippen LogP contribution >= 0.6 is 0 Å². The van der Waals surface area contributed by atoms with Crippen molar-refractivity contribution >= 4 is 11.5 Å². The Morgan fingerprint density at radius 1 is 1.19 bits per heavy atom. The summed E-state index contributed by atoms with van der Waals surface area (Å²) in [5.41, 5.74) is 9.59. The van der Waals surface area contributed by atoms with Crippen LogP contribution in [-0.2, 0) is 6.42 Å². The molecule has 0 saturated heterocycles. The van der Waals surface area contributed by atoms with Crippen molar-refractivity contribution in [3.05, 3.63) is 35.2 Å². The van der Waals surface area contributed by atoms with Gasteiger partial charge in [0.1, 0.15) is 5.69 Å². The second-order valence-corrected chi connectivity index (χ2v) is 6.80. The summed E-state index contributed by atoms with van der Waals surface area (Å²) in [6.07, 6.45) is 11.5. The van der Waals surface area contributed by atoms with E-state index >= 15 is 0 Å². The molecule has 0 bridgehead atoms. The monoisotopic (exact) mass is 282 g/mol. The first-order chi connectivity index (χ1) is 10.2. The topological polar surface area (TPSA) is 56.0 Å². The lowest BCUT2D eigenvalue weighted by Gasteiger charge is -2.31. The zero-order chi connectivity index (χ0) is 14.4. The molecule has 2 N–H and O–H groups in total. The summed E-state index contributed by atoms with van der Waals surface area (Å²) in [7, 11) is 0. The first-order valence-electron chi connectivity index (χ1n) is 8.24. The summed E-state index contributed by atoms with van der Waals surface area (Å²) in [5.74, 6) is 2.08. The summed E-state index contributed by atoms with van der Waals surface area (Å²) >= 11 is 0. The average molecular weight is 282 g/mol. The number of hydrogen-bond acceptors (Lipinski definition) is 2. The standard InChI is InChI=1S/C18H22N2O/c19-18(21)17-10-8-15-14-6-5-12(11-3-1-2-4-11)13(14)7-9-16(15)20-17/h6,8,10-13H,1-5,7,9H2,(H2,19,21).